The van der Waals surface area contributed by atoms with Crippen LogP contribution in [0.25, 0.3) is 10.9 Å². The van der Waals surface area contributed by atoms with Crippen molar-refractivity contribution in [2.24, 2.45) is 0 Å². The molecule has 8 heteroatoms. The summed E-state index contributed by atoms with van der Waals surface area (Å²) < 4.78 is 27.3. The minimum atomic E-state index is -0.623. The van der Waals surface area contributed by atoms with Gasteiger partial charge in [-0.1, -0.05) is 18.2 Å². The number of para-hydroxylation sites is 1. The van der Waals surface area contributed by atoms with Gasteiger partial charge in [0.15, 0.2) is 0 Å². The Bertz CT molecular complexity index is 1160. The molecule has 2 aliphatic heterocycles. The number of carbonyl (C=O) groups is 2. The van der Waals surface area contributed by atoms with Gasteiger partial charge in [-0.15, -0.1) is 0 Å². The van der Waals surface area contributed by atoms with Gasteiger partial charge in [-0.2, -0.15) is 0 Å². The van der Waals surface area contributed by atoms with Gasteiger partial charge in [-0.3, -0.25) is 9.59 Å². The van der Waals surface area contributed by atoms with E-state index in [1.54, 1.807) is 4.90 Å². The Morgan fingerprint density at radius 3 is 2.81 bits per heavy atom. The molecule has 31 heavy (non-hydrogen) atoms. The largest absolute Gasteiger partial charge is 0.361 e. The molecule has 0 unspecified atom stereocenters. The van der Waals surface area contributed by atoms with E-state index in [4.69, 9.17) is 0 Å². The average molecular weight is 424 g/mol. The van der Waals surface area contributed by atoms with Crippen LogP contribution < -0.4 is 10.6 Å². The van der Waals surface area contributed by atoms with E-state index in [9.17, 15) is 18.4 Å². The molecule has 0 spiro atoms. The van der Waals surface area contributed by atoms with Crippen molar-refractivity contribution < 1.29 is 18.4 Å². The lowest BCUT2D eigenvalue weighted by atomic mass is 10.0. The number of aromatic nitrogens is 1. The summed E-state index contributed by atoms with van der Waals surface area (Å²) >= 11 is 0. The minimum absolute atomic E-state index is 0.115. The van der Waals surface area contributed by atoms with Gasteiger partial charge in [-0.25, -0.2) is 8.78 Å². The van der Waals surface area contributed by atoms with Crippen LogP contribution in [0, 0.1) is 11.6 Å². The van der Waals surface area contributed by atoms with Crippen molar-refractivity contribution in [2.45, 2.75) is 37.5 Å². The van der Waals surface area contributed by atoms with Crippen molar-refractivity contribution in [2.75, 3.05) is 6.54 Å². The van der Waals surface area contributed by atoms with Crippen molar-refractivity contribution in [3.05, 3.63) is 71.4 Å². The van der Waals surface area contributed by atoms with Crippen LogP contribution in [0.5, 0.6) is 0 Å². The van der Waals surface area contributed by atoms with Crippen LogP contribution in [-0.2, 0) is 22.6 Å². The second kappa shape index (κ2) is 7.77. The number of hydrogen-bond donors (Lipinski definition) is 3. The Labute approximate surface area is 177 Å². The Morgan fingerprint density at radius 2 is 1.94 bits per heavy atom. The van der Waals surface area contributed by atoms with Crippen LogP contribution in [-0.4, -0.2) is 46.4 Å². The highest BCUT2D eigenvalue weighted by Gasteiger charge is 2.46. The Kier molecular flexibility index (Phi) is 4.94. The van der Waals surface area contributed by atoms with Gasteiger partial charge in [0.2, 0.25) is 11.8 Å². The van der Waals surface area contributed by atoms with Crippen LogP contribution in [0.2, 0.25) is 0 Å². The number of halogens is 2. The topological polar surface area (TPSA) is 77.2 Å². The molecule has 2 saturated heterocycles. The number of benzene rings is 2. The minimum Gasteiger partial charge on any atom is -0.361 e. The zero-order valence-electron chi connectivity index (χ0n) is 16.7. The maximum Gasteiger partial charge on any atom is 0.246 e. The number of H-pyrrole nitrogens is 1. The molecular weight excluding hydrogens is 402 g/mol. The van der Waals surface area contributed by atoms with Gasteiger partial charge < -0.3 is 20.5 Å². The highest BCUT2D eigenvalue weighted by Crippen LogP contribution is 2.26. The summed E-state index contributed by atoms with van der Waals surface area (Å²) in [5.41, 5.74) is 2.18. The molecule has 0 radical (unpaired) electrons. The van der Waals surface area contributed by atoms with E-state index in [2.05, 4.69) is 15.6 Å². The summed E-state index contributed by atoms with van der Waals surface area (Å²) in [6, 6.07) is 9.82. The lowest BCUT2D eigenvalue weighted by molar-refractivity contribution is -0.146. The highest BCUT2D eigenvalue weighted by atomic mass is 19.1. The second-order valence-electron chi connectivity index (χ2n) is 8.18. The Hall–Kier alpha value is -3.26. The molecule has 0 bridgehead atoms. The molecule has 0 aliphatic carbocycles. The van der Waals surface area contributed by atoms with Crippen LogP contribution in [0.1, 0.15) is 17.5 Å². The van der Waals surface area contributed by atoms with Gasteiger partial charge in [0.1, 0.15) is 23.7 Å². The fourth-order valence-corrected chi connectivity index (χ4v) is 4.60. The molecule has 2 aromatic carbocycles. The fourth-order valence-electron chi connectivity index (χ4n) is 4.60. The molecule has 3 N–H and O–H groups in total. The van der Waals surface area contributed by atoms with E-state index in [1.807, 2.05) is 30.5 Å². The summed E-state index contributed by atoms with van der Waals surface area (Å²) in [5, 5.41) is 7.06. The first kappa shape index (κ1) is 19.7. The number of fused-ring (bicyclic) bond motifs is 2. The molecular formula is C23H22F2N4O2. The Morgan fingerprint density at radius 1 is 1.10 bits per heavy atom. The molecule has 2 amide bonds. The number of hydrogen-bond acceptors (Lipinski definition) is 3. The number of rotatable bonds is 5. The third-order valence-corrected chi connectivity index (χ3v) is 6.19. The SMILES string of the molecule is O=C1N[C@@H](Cc2c[nH]c3ccccc23)C(=O)N2C[C@@H](NCc3cc(F)ccc3F)C[C@@H]12. The van der Waals surface area contributed by atoms with Gasteiger partial charge in [0.05, 0.1) is 0 Å². The van der Waals surface area contributed by atoms with Gasteiger partial charge in [0.25, 0.3) is 0 Å². The Balaban J connectivity index is 1.27. The van der Waals surface area contributed by atoms with Crippen LogP contribution >= 0.6 is 0 Å². The predicted octanol–water partition coefficient (Wildman–Crippen LogP) is 2.25. The lowest BCUT2D eigenvalue weighted by Crippen LogP contribution is -2.61. The van der Waals surface area contributed by atoms with Crippen LogP contribution in [0.15, 0.2) is 48.7 Å². The van der Waals surface area contributed by atoms with E-state index in [0.717, 1.165) is 34.7 Å². The van der Waals surface area contributed by atoms with Crippen molar-refractivity contribution in [3.8, 4) is 0 Å². The van der Waals surface area contributed by atoms with Crippen LogP contribution in [0.4, 0.5) is 8.78 Å². The molecule has 0 saturated carbocycles. The quantitative estimate of drug-likeness (QED) is 0.588. The van der Waals surface area contributed by atoms with E-state index >= 15 is 0 Å². The van der Waals surface area contributed by atoms with Gasteiger partial charge in [-0.05, 0) is 36.2 Å². The summed E-state index contributed by atoms with van der Waals surface area (Å²) in [7, 11) is 0. The standard InChI is InChI=1S/C23H22F2N4O2/c24-15-5-6-18(25)14(7-15)11-26-16-9-21-22(30)28-20(23(31)29(21)12-16)8-13-10-27-19-4-2-1-3-17(13)19/h1-7,10,16,20-21,26-27H,8-9,11-12H2,(H,28,30)/t16-,20-,21-/m0/s1. The molecule has 6 nitrogen and oxygen atoms in total. The maximum absolute atomic E-state index is 13.9. The van der Waals surface area contributed by atoms with Crippen molar-refractivity contribution >= 4 is 22.7 Å². The van der Waals surface area contributed by atoms with Crippen molar-refractivity contribution in [3.63, 3.8) is 0 Å². The fraction of sp³-hybridized carbons (Fsp3) is 0.304. The highest BCUT2D eigenvalue weighted by molar-refractivity contribution is 5.98. The monoisotopic (exact) mass is 424 g/mol. The van der Waals surface area contributed by atoms with Crippen LogP contribution in [0.3, 0.4) is 0 Å². The number of piperazine rings is 1. The second-order valence-corrected chi connectivity index (χ2v) is 8.18. The molecule has 1 aromatic heterocycles. The summed E-state index contributed by atoms with van der Waals surface area (Å²) in [5.74, 6) is -1.28. The van der Waals surface area contributed by atoms with E-state index < -0.39 is 23.7 Å². The van der Waals surface area contributed by atoms with Gasteiger partial charge in [0, 0.05) is 48.2 Å². The molecule has 2 aliphatic rings. The number of amides is 2. The predicted molar refractivity (Wildman–Crippen MR) is 111 cm³/mol. The van der Waals surface area contributed by atoms with E-state index in [-0.39, 0.29) is 30.0 Å². The molecule has 3 heterocycles. The third kappa shape index (κ3) is 3.67. The number of aromatic amines is 1. The number of carbonyl (C=O) groups excluding carboxylic acids is 2. The zero-order chi connectivity index (χ0) is 21.5. The summed E-state index contributed by atoms with van der Waals surface area (Å²) in [6.07, 6.45) is 2.72. The summed E-state index contributed by atoms with van der Waals surface area (Å²) in [6.45, 7) is 0.488. The van der Waals surface area contributed by atoms with E-state index in [0.29, 0.717) is 19.4 Å². The van der Waals surface area contributed by atoms with Gasteiger partial charge >= 0.3 is 0 Å². The lowest BCUT2D eigenvalue weighted by Gasteiger charge is -2.34. The van der Waals surface area contributed by atoms with E-state index in [1.165, 1.54) is 0 Å². The smallest absolute Gasteiger partial charge is 0.246 e. The molecule has 5 rings (SSSR count). The van der Waals surface area contributed by atoms with Crippen molar-refractivity contribution in [1.29, 1.82) is 0 Å². The summed E-state index contributed by atoms with van der Waals surface area (Å²) in [4.78, 5) is 30.6. The molecule has 160 valence electrons. The first-order valence-corrected chi connectivity index (χ1v) is 10.3. The molecule has 3 atom stereocenters. The molecule has 3 aromatic rings. The number of nitrogens with one attached hydrogen (secondary N) is 3. The van der Waals surface area contributed by atoms with Crippen molar-refractivity contribution in [1.82, 2.24) is 20.5 Å². The normalized spacial score (nSPS) is 23.3. The maximum atomic E-state index is 13.9. The first-order valence-electron chi connectivity index (χ1n) is 10.3. The zero-order valence-corrected chi connectivity index (χ0v) is 16.7. The third-order valence-electron chi connectivity index (χ3n) is 6.19. The number of nitrogens with zero attached hydrogens (tertiary/aromatic N) is 1. The molecule has 2 fully saturated rings. The average Bonchev–Trinajstić information content (AvgIpc) is 3.38. The first-order chi connectivity index (χ1) is 15.0.